The number of aryl methyl sites for hydroxylation is 1. The maximum Gasteiger partial charge on any atom is 0.263 e. The van der Waals surface area contributed by atoms with Crippen molar-refractivity contribution in [3.63, 3.8) is 0 Å². The van der Waals surface area contributed by atoms with Crippen molar-refractivity contribution in [3.8, 4) is 5.75 Å². The van der Waals surface area contributed by atoms with E-state index in [-0.39, 0.29) is 23.8 Å². The standard InChI is InChI=1S/C28H36N2O4/c1-5-25(28(32)29-14-16-33-17-15-29)34-23-11-10-21-12-13-30(27(31)19(2)3)26(24(21)18-23)22-8-6-20(4)7-9-22/h6-11,18-19,25-26H,5,12-17H2,1-4H3. The highest BCUT2D eigenvalue weighted by Gasteiger charge is 2.34. The molecular weight excluding hydrogens is 428 g/mol. The van der Waals surface area contributed by atoms with Crippen LogP contribution < -0.4 is 4.74 Å². The minimum Gasteiger partial charge on any atom is -0.481 e. The third kappa shape index (κ3) is 5.12. The largest absolute Gasteiger partial charge is 0.481 e. The zero-order valence-corrected chi connectivity index (χ0v) is 20.8. The van der Waals surface area contributed by atoms with E-state index in [1.807, 2.05) is 42.7 Å². The maximum absolute atomic E-state index is 13.2. The van der Waals surface area contributed by atoms with E-state index in [9.17, 15) is 9.59 Å². The number of rotatable bonds is 6. The molecule has 0 aromatic heterocycles. The molecule has 0 radical (unpaired) electrons. The summed E-state index contributed by atoms with van der Waals surface area (Å²) in [6.07, 6.45) is 0.860. The van der Waals surface area contributed by atoms with Crippen LogP contribution in [0.2, 0.25) is 0 Å². The van der Waals surface area contributed by atoms with Gasteiger partial charge in [-0.3, -0.25) is 9.59 Å². The highest BCUT2D eigenvalue weighted by atomic mass is 16.5. The van der Waals surface area contributed by atoms with E-state index in [1.165, 1.54) is 11.1 Å². The lowest BCUT2D eigenvalue weighted by Gasteiger charge is -2.39. The van der Waals surface area contributed by atoms with Gasteiger partial charge in [-0.2, -0.15) is 0 Å². The van der Waals surface area contributed by atoms with Gasteiger partial charge in [0.05, 0.1) is 19.3 Å². The van der Waals surface area contributed by atoms with Crippen LogP contribution in [0.3, 0.4) is 0 Å². The fourth-order valence-electron chi connectivity index (χ4n) is 4.80. The molecule has 0 saturated carbocycles. The molecule has 1 saturated heterocycles. The van der Waals surface area contributed by atoms with Gasteiger partial charge in [0.25, 0.3) is 5.91 Å². The molecule has 0 aliphatic carbocycles. The van der Waals surface area contributed by atoms with E-state index in [0.29, 0.717) is 45.0 Å². The summed E-state index contributed by atoms with van der Waals surface area (Å²) in [7, 11) is 0. The number of nitrogens with zero attached hydrogens (tertiary/aromatic N) is 2. The number of morpholine rings is 1. The summed E-state index contributed by atoms with van der Waals surface area (Å²) in [6.45, 7) is 11.0. The Hall–Kier alpha value is -2.86. The molecule has 4 rings (SSSR count). The van der Waals surface area contributed by atoms with Crippen LogP contribution in [0.5, 0.6) is 5.75 Å². The van der Waals surface area contributed by atoms with Gasteiger partial charge in [0.1, 0.15) is 5.75 Å². The Kier molecular flexibility index (Phi) is 7.57. The molecule has 0 spiro atoms. The van der Waals surface area contributed by atoms with E-state index < -0.39 is 6.10 Å². The van der Waals surface area contributed by atoms with Gasteiger partial charge in [0, 0.05) is 25.6 Å². The predicted octanol–water partition coefficient (Wildman–Crippen LogP) is 4.14. The van der Waals surface area contributed by atoms with Gasteiger partial charge in [-0.05, 0) is 48.6 Å². The Morgan fingerprint density at radius 2 is 1.74 bits per heavy atom. The van der Waals surface area contributed by atoms with Crippen molar-refractivity contribution in [1.82, 2.24) is 9.80 Å². The van der Waals surface area contributed by atoms with Crippen LogP contribution in [0.4, 0.5) is 0 Å². The van der Waals surface area contributed by atoms with Gasteiger partial charge in [0.2, 0.25) is 5.91 Å². The van der Waals surface area contributed by atoms with Gasteiger partial charge in [-0.25, -0.2) is 0 Å². The molecule has 2 heterocycles. The Morgan fingerprint density at radius 3 is 2.38 bits per heavy atom. The van der Waals surface area contributed by atoms with Crippen LogP contribution in [0.15, 0.2) is 42.5 Å². The number of benzene rings is 2. The lowest BCUT2D eigenvalue weighted by Crippen LogP contribution is -2.47. The average molecular weight is 465 g/mol. The van der Waals surface area contributed by atoms with Crippen molar-refractivity contribution in [2.45, 2.75) is 52.7 Å². The summed E-state index contributed by atoms with van der Waals surface area (Å²) in [4.78, 5) is 30.0. The lowest BCUT2D eigenvalue weighted by molar-refractivity contribution is -0.143. The van der Waals surface area contributed by atoms with Gasteiger partial charge >= 0.3 is 0 Å². The number of hydrogen-bond donors (Lipinski definition) is 0. The normalized spacial score (nSPS) is 19.0. The van der Waals surface area contributed by atoms with E-state index in [2.05, 4.69) is 37.3 Å². The zero-order chi connectivity index (χ0) is 24.2. The summed E-state index contributed by atoms with van der Waals surface area (Å²) in [5.74, 6) is 0.749. The Morgan fingerprint density at radius 1 is 1.03 bits per heavy atom. The topological polar surface area (TPSA) is 59.1 Å². The average Bonchev–Trinajstić information content (AvgIpc) is 2.86. The van der Waals surface area contributed by atoms with Crippen molar-refractivity contribution >= 4 is 11.8 Å². The molecule has 0 bridgehead atoms. The van der Waals surface area contributed by atoms with Crippen LogP contribution in [-0.2, 0) is 20.7 Å². The number of ether oxygens (including phenoxy) is 2. The monoisotopic (exact) mass is 464 g/mol. The Bertz CT molecular complexity index is 1010. The van der Waals surface area contributed by atoms with Crippen molar-refractivity contribution in [3.05, 3.63) is 64.7 Å². The number of hydrogen-bond acceptors (Lipinski definition) is 4. The first-order valence-electron chi connectivity index (χ1n) is 12.4. The second kappa shape index (κ2) is 10.6. The fraction of sp³-hybridized carbons (Fsp3) is 0.500. The minimum absolute atomic E-state index is 0.00946. The highest BCUT2D eigenvalue weighted by Crippen LogP contribution is 2.38. The van der Waals surface area contributed by atoms with E-state index in [0.717, 1.165) is 17.5 Å². The second-order valence-corrected chi connectivity index (χ2v) is 9.56. The molecule has 34 heavy (non-hydrogen) atoms. The van der Waals surface area contributed by atoms with Crippen molar-refractivity contribution in [2.24, 2.45) is 5.92 Å². The smallest absolute Gasteiger partial charge is 0.263 e. The molecule has 2 aromatic rings. The predicted molar refractivity (Wildman–Crippen MR) is 132 cm³/mol. The van der Waals surface area contributed by atoms with Crippen molar-refractivity contribution < 1.29 is 19.1 Å². The van der Waals surface area contributed by atoms with Crippen molar-refractivity contribution in [2.75, 3.05) is 32.8 Å². The van der Waals surface area contributed by atoms with Crippen LogP contribution in [0, 0.1) is 12.8 Å². The minimum atomic E-state index is -0.536. The summed E-state index contributed by atoms with van der Waals surface area (Å²) in [5.41, 5.74) is 4.58. The summed E-state index contributed by atoms with van der Waals surface area (Å²) < 4.78 is 11.6. The SMILES string of the molecule is CCC(Oc1ccc2c(c1)C(c1ccc(C)cc1)N(C(=O)C(C)C)CC2)C(=O)N1CCOCC1. The molecule has 0 N–H and O–H groups in total. The molecular formula is C28H36N2O4. The van der Waals surface area contributed by atoms with Crippen LogP contribution in [0.1, 0.15) is 55.5 Å². The van der Waals surface area contributed by atoms with Crippen molar-refractivity contribution in [1.29, 1.82) is 0 Å². The first-order chi connectivity index (χ1) is 16.4. The molecule has 6 heteroatoms. The molecule has 2 atom stereocenters. The first kappa shape index (κ1) is 24.3. The maximum atomic E-state index is 13.2. The molecule has 2 aromatic carbocycles. The molecule has 6 nitrogen and oxygen atoms in total. The number of amides is 2. The number of carbonyl (C=O) groups excluding carboxylic acids is 2. The third-order valence-electron chi connectivity index (χ3n) is 6.76. The molecule has 1 fully saturated rings. The summed E-state index contributed by atoms with van der Waals surface area (Å²) in [5, 5.41) is 0. The molecule has 2 aliphatic rings. The molecule has 2 unspecified atom stereocenters. The summed E-state index contributed by atoms with van der Waals surface area (Å²) in [6, 6.07) is 14.3. The third-order valence-corrected chi connectivity index (χ3v) is 6.76. The Labute approximate surface area is 202 Å². The second-order valence-electron chi connectivity index (χ2n) is 9.56. The number of carbonyl (C=O) groups is 2. The quantitative estimate of drug-likeness (QED) is 0.645. The molecule has 2 aliphatic heterocycles. The first-order valence-corrected chi connectivity index (χ1v) is 12.4. The van der Waals surface area contributed by atoms with Gasteiger partial charge in [-0.15, -0.1) is 0 Å². The van der Waals surface area contributed by atoms with E-state index in [4.69, 9.17) is 9.47 Å². The van der Waals surface area contributed by atoms with Crippen LogP contribution >= 0.6 is 0 Å². The summed E-state index contributed by atoms with van der Waals surface area (Å²) >= 11 is 0. The lowest BCUT2D eigenvalue weighted by atomic mass is 9.87. The fourth-order valence-corrected chi connectivity index (χ4v) is 4.80. The van der Waals surface area contributed by atoms with Gasteiger partial charge < -0.3 is 19.3 Å². The van der Waals surface area contributed by atoms with Crippen LogP contribution in [0.25, 0.3) is 0 Å². The van der Waals surface area contributed by atoms with Crippen LogP contribution in [-0.4, -0.2) is 60.6 Å². The highest BCUT2D eigenvalue weighted by molar-refractivity contribution is 5.81. The van der Waals surface area contributed by atoms with Gasteiger partial charge in [-0.1, -0.05) is 56.7 Å². The zero-order valence-electron chi connectivity index (χ0n) is 20.8. The van der Waals surface area contributed by atoms with E-state index in [1.54, 1.807) is 0 Å². The molecule has 182 valence electrons. The van der Waals surface area contributed by atoms with E-state index >= 15 is 0 Å². The van der Waals surface area contributed by atoms with Gasteiger partial charge in [0.15, 0.2) is 6.10 Å². The Balaban J connectivity index is 1.65. The number of fused-ring (bicyclic) bond motifs is 1. The molecule has 2 amide bonds.